The molecule has 0 aromatic heterocycles. The summed E-state index contributed by atoms with van der Waals surface area (Å²) >= 11 is 6.07. The summed E-state index contributed by atoms with van der Waals surface area (Å²) in [7, 11) is 0. The maximum atomic E-state index is 13.1. The molecule has 2 amide bonds. The van der Waals surface area contributed by atoms with Gasteiger partial charge in [-0.05, 0) is 44.0 Å². The summed E-state index contributed by atoms with van der Waals surface area (Å²) in [6, 6.07) is 4.21. The van der Waals surface area contributed by atoms with Gasteiger partial charge in [-0.1, -0.05) is 17.7 Å². The predicted molar refractivity (Wildman–Crippen MR) is 87.9 cm³/mol. The summed E-state index contributed by atoms with van der Waals surface area (Å²) in [5, 5.41) is 15.1. The maximum absolute atomic E-state index is 13.1. The molecule has 7 heteroatoms. The van der Waals surface area contributed by atoms with E-state index in [9.17, 15) is 9.18 Å². The van der Waals surface area contributed by atoms with E-state index in [-0.39, 0.29) is 24.4 Å². The first-order valence-corrected chi connectivity index (χ1v) is 8.20. The van der Waals surface area contributed by atoms with Gasteiger partial charge in [-0.3, -0.25) is 4.90 Å². The normalized spacial score (nSPS) is 20.1. The molecule has 1 unspecified atom stereocenters. The van der Waals surface area contributed by atoms with E-state index < -0.39 is 6.10 Å². The third kappa shape index (κ3) is 5.97. The highest BCUT2D eigenvalue weighted by Gasteiger charge is 2.22. The van der Waals surface area contributed by atoms with E-state index in [1.807, 2.05) is 0 Å². The Morgan fingerprint density at radius 2 is 2.35 bits per heavy atom. The molecule has 1 aliphatic rings. The number of carbonyl (C=O) groups is 1. The summed E-state index contributed by atoms with van der Waals surface area (Å²) < 4.78 is 13.1. The van der Waals surface area contributed by atoms with Gasteiger partial charge in [0.2, 0.25) is 0 Å². The molecule has 1 saturated heterocycles. The van der Waals surface area contributed by atoms with E-state index >= 15 is 0 Å². The number of amides is 2. The molecule has 1 aromatic carbocycles. The van der Waals surface area contributed by atoms with Crippen LogP contribution in [0.2, 0.25) is 5.02 Å². The standard InChI is InChI=1S/C16H23ClFN3O2/c1-11(22)8-19-16(23)20-14-3-2-6-21(10-14)9-12-4-5-13(18)7-15(12)17/h4-5,7,11,14,22H,2-3,6,8-10H2,1H3,(H2,19,20,23)/t11-,14?/m1/s1. The second-order valence-corrected chi connectivity index (χ2v) is 6.42. The SMILES string of the molecule is C[C@@H](O)CNC(=O)NC1CCCN(Cc2ccc(F)cc2Cl)C1. The van der Waals surface area contributed by atoms with E-state index in [4.69, 9.17) is 16.7 Å². The number of aliphatic hydroxyl groups excluding tert-OH is 1. The number of hydrogen-bond acceptors (Lipinski definition) is 3. The molecule has 0 bridgehead atoms. The van der Waals surface area contributed by atoms with Crippen LogP contribution < -0.4 is 10.6 Å². The minimum atomic E-state index is -0.566. The Bertz CT molecular complexity index is 542. The molecule has 128 valence electrons. The van der Waals surface area contributed by atoms with Gasteiger partial charge in [-0.15, -0.1) is 0 Å². The third-order valence-corrected chi connectivity index (χ3v) is 4.16. The smallest absolute Gasteiger partial charge is 0.315 e. The van der Waals surface area contributed by atoms with E-state index in [0.717, 1.165) is 31.5 Å². The Morgan fingerprint density at radius 3 is 3.04 bits per heavy atom. The number of likely N-dealkylation sites (tertiary alicyclic amines) is 1. The molecular weight excluding hydrogens is 321 g/mol. The summed E-state index contributed by atoms with van der Waals surface area (Å²) in [5.74, 6) is -0.341. The Hall–Kier alpha value is -1.37. The quantitative estimate of drug-likeness (QED) is 0.767. The Kier molecular flexibility index (Phi) is 6.62. The lowest BCUT2D eigenvalue weighted by atomic mass is 10.0. The van der Waals surface area contributed by atoms with Gasteiger partial charge >= 0.3 is 6.03 Å². The van der Waals surface area contributed by atoms with Crippen molar-refractivity contribution in [3.8, 4) is 0 Å². The molecule has 0 spiro atoms. The highest BCUT2D eigenvalue weighted by molar-refractivity contribution is 6.31. The zero-order chi connectivity index (χ0) is 16.8. The zero-order valence-corrected chi connectivity index (χ0v) is 13.9. The van der Waals surface area contributed by atoms with Crippen LogP contribution in [-0.4, -0.2) is 47.8 Å². The van der Waals surface area contributed by atoms with Crippen LogP contribution in [0.1, 0.15) is 25.3 Å². The van der Waals surface area contributed by atoms with Crippen molar-refractivity contribution < 1.29 is 14.3 Å². The average molecular weight is 344 g/mol. The summed E-state index contributed by atoms with van der Waals surface area (Å²) in [4.78, 5) is 14.0. The van der Waals surface area contributed by atoms with Crippen LogP contribution in [0.15, 0.2) is 18.2 Å². The van der Waals surface area contributed by atoms with E-state index in [2.05, 4.69) is 15.5 Å². The number of piperidine rings is 1. The number of benzene rings is 1. The summed E-state index contributed by atoms with van der Waals surface area (Å²) in [6.07, 6.45) is 1.32. The first-order valence-electron chi connectivity index (χ1n) is 7.82. The van der Waals surface area contributed by atoms with Gasteiger partial charge in [0.25, 0.3) is 0 Å². The van der Waals surface area contributed by atoms with Gasteiger partial charge in [0.15, 0.2) is 0 Å². The molecule has 5 nitrogen and oxygen atoms in total. The van der Waals surface area contributed by atoms with E-state index in [1.165, 1.54) is 12.1 Å². The van der Waals surface area contributed by atoms with Crippen LogP contribution in [0.3, 0.4) is 0 Å². The van der Waals surface area contributed by atoms with Crippen molar-refractivity contribution in [2.45, 2.75) is 38.5 Å². The van der Waals surface area contributed by atoms with Crippen molar-refractivity contribution in [2.75, 3.05) is 19.6 Å². The largest absolute Gasteiger partial charge is 0.392 e. The highest BCUT2D eigenvalue weighted by atomic mass is 35.5. The molecule has 23 heavy (non-hydrogen) atoms. The fraction of sp³-hybridized carbons (Fsp3) is 0.562. The lowest BCUT2D eigenvalue weighted by molar-refractivity contribution is 0.172. The first kappa shape index (κ1) is 18.0. The molecule has 0 saturated carbocycles. The van der Waals surface area contributed by atoms with Crippen molar-refractivity contribution in [3.63, 3.8) is 0 Å². The van der Waals surface area contributed by atoms with Crippen molar-refractivity contribution >= 4 is 17.6 Å². The minimum absolute atomic E-state index is 0.0528. The molecule has 0 radical (unpaired) electrons. The topological polar surface area (TPSA) is 64.6 Å². The van der Waals surface area contributed by atoms with E-state index in [0.29, 0.717) is 11.6 Å². The van der Waals surface area contributed by atoms with Gasteiger partial charge in [0.1, 0.15) is 5.82 Å². The molecule has 1 aliphatic heterocycles. The Balaban J connectivity index is 1.84. The fourth-order valence-corrected chi connectivity index (χ4v) is 2.91. The highest BCUT2D eigenvalue weighted by Crippen LogP contribution is 2.21. The molecule has 1 fully saturated rings. The van der Waals surface area contributed by atoms with Crippen LogP contribution in [-0.2, 0) is 6.54 Å². The molecule has 2 rings (SSSR count). The van der Waals surface area contributed by atoms with Gasteiger partial charge in [0.05, 0.1) is 6.10 Å². The second-order valence-electron chi connectivity index (χ2n) is 6.01. The number of aliphatic hydroxyl groups is 1. The molecule has 0 aliphatic carbocycles. The molecule has 3 N–H and O–H groups in total. The molecular formula is C16H23ClFN3O2. The lowest BCUT2D eigenvalue weighted by Gasteiger charge is -2.33. The van der Waals surface area contributed by atoms with Gasteiger partial charge < -0.3 is 15.7 Å². The Labute approximate surface area is 140 Å². The monoisotopic (exact) mass is 343 g/mol. The summed E-state index contributed by atoms with van der Waals surface area (Å²) in [6.45, 7) is 4.12. The lowest BCUT2D eigenvalue weighted by Crippen LogP contribution is -2.51. The Morgan fingerprint density at radius 1 is 1.57 bits per heavy atom. The number of hydrogen-bond donors (Lipinski definition) is 3. The molecule has 1 heterocycles. The number of nitrogens with zero attached hydrogens (tertiary/aromatic N) is 1. The molecule has 1 aromatic rings. The van der Waals surface area contributed by atoms with Gasteiger partial charge in [0, 0.05) is 30.7 Å². The van der Waals surface area contributed by atoms with Crippen molar-refractivity contribution in [2.24, 2.45) is 0 Å². The fourth-order valence-electron chi connectivity index (χ4n) is 2.68. The predicted octanol–water partition coefficient (Wildman–Crippen LogP) is 2.12. The van der Waals surface area contributed by atoms with Crippen LogP contribution >= 0.6 is 11.6 Å². The number of rotatable bonds is 5. The van der Waals surface area contributed by atoms with Crippen LogP contribution in [0.5, 0.6) is 0 Å². The number of urea groups is 1. The van der Waals surface area contributed by atoms with Crippen molar-refractivity contribution in [3.05, 3.63) is 34.6 Å². The van der Waals surface area contributed by atoms with Crippen LogP contribution in [0, 0.1) is 5.82 Å². The van der Waals surface area contributed by atoms with E-state index in [1.54, 1.807) is 13.0 Å². The second kappa shape index (κ2) is 8.47. The van der Waals surface area contributed by atoms with Crippen LogP contribution in [0.25, 0.3) is 0 Å². The maximum Gasteiger partial charge on any atom is 0.315 e. The number of carbonyl (C=O) groups excluding carboxylic acids is 1. The van der Waals surface area contributed by atoms with Crippen molar-refractivity contribution in [1.29, 1.82) is 0 Å². The minimum Gasteiger partial charge on any atom is -0.392 e. The van der Waals surface area contributed by atoms with Crippen LogP contribution in [0.4, 0.5) is 9.18 Å². The number of halogens is 2. The molecule has 2 atom stereocenters. The zero-order valence-electron chi connectivity index (χ0n) is 13.2. The summed E-state index contributed by atoms with van der Waals surface area (Å²) in [5.41, 5.74) is 0.882. The first-order chi connectivity index (χ1) is 10.9. The number of nitrogens with one attached hydrogen (secondary N) is 2. The average Bonchev–Trinajstić information content (AvgIpc) is 2.48. The third-order valence-electron chi connectivity index (χ3n) is 3.81. The van der Waals surface area contributed by atoms with Crippen molar-refractivity contribution in [1.82, 2.24) is 15.5 Å². The van der Waals surface area contributed by atoms with Gasteiger partial charge in [-0.2, -0.15) is 0 Å². The van der Waals surface area contributed by atoms with Gasteiger partial charge in [-0.25, -0.2) is 9.18 Å².